The quantitative estimate of drug-likeness (QED) is 0.332. The van der Waals surface area contributed by atoms with Crippen molar-refractivity contribution in [3.63, 3.8) is 0 Å². The summed E-state index contributed by atoms with van der Waals surface area (Å²) in [6, 6.07) is 19.3. The second-order valence-electron chi connectivity index (χ2n) is 8.51. The van der Waals surface area contributed by atoms with Gasteiger partial charge in [-0.25, -0.2) is 0 Å². The maximum atomic E-state index is 14.7. The van der Waals surface area contributed by atoms with Crippen LogP contribution in [0.3, 0.4) is 0 Å². The molecule has 0 aliphatic carbocycles. The Kier molecular flexibility index (Phi) is 8.74. The average Bonchev–Trinajstić information content (AvgIpc) is 2.92. The smallest absolute Gasteiger partial charge is 0.417 e. The molecule has 0 aromatic heterocycles. The van der Waals surface area contributed by atoms with Crippen molar-refractivity contribution in [1.82, 2.24) is 4.90 Å². The first-order chi connectivity index (χ1) is 17.9. The number of hydrogen-bond donors (Lipinski definition) is 0. The third-order valence-electron chi connectivity index (χ3n) is 6.20. The van der Waals surface area contributed by atoms with Crippen molar-refractivity contribution in [1.29, 1.82) is 0 Å². The number of methoxy groups -OCH3 is 2. The van der Waals surface area contributed by atoms with E-state index in [9.17, 15) is 13.2 Å². The molecule has 0 radical (unpaired) electrons. The fourth-order valence-electron chi connectivity index (χ4n) is 4.33. The van der Waals surface area contributed by atoms with Gasteiger partial charge >= 0.3 is 6.18 Å². The first-order valence-corrected chi connectivity index (χ1v) is 12.0. The van der Waals surface area contributed by atoms with E-state index in [-0.39, 0.29) is 16.9 Å². The summed E-state index contributed by atoms with van der Waals surface area (Å²) in [6.45, 7) is 4.38. The van der Waals surface area contributed by atoms with Gasteiger partial charge in [0.1, 0.15) is 23.9 Å². The van der Waals surface area contributed by atoms with Crippen molar-refractivity contribution in [2.24, 2.45) is 0 Å². The molecule has 196 valence electrons. The van der Waals surface area contributed by atoms with E-state index >= 15 is 0 Å². The van der Waals surface area contributed by atoms with Gasteiger partial charge in [-0.1, -0.05) is 42.5 Å². The molecule has 0 saturated carbocycles. The first-order valence-electron chi connectivity index (χ1n) is 12.0. The fourth-order valence-corrected chi connectivity index (χ4v) is 4.33. The molecule has 3 aromatic carbocycles. The number of benzene rings is 3. The van der Waals surface area contributed by atoms with Gasteiger partial charge in [-0.05, 0) is 35.4 Å². The highest BCUT2D eigenvalue weighted by atomic mass is 19.4. The van der Waals surface area contributed by atoms with Crippen LogP contribution in [0.2, 0.25) is 0 Å². The van der Waals surface area contributed by atoms with E-state index in [2.05, 4.69) is 4.90 Å². The van der Waals surface area contributed by atoms with E-state index in [4.69, 9.17) is 18.9 Å². The number of morpholine rings is 1. The highest BCUT2D eigenvalue weighted by Crippen LogP contribution is 2.45. The lowest BCUT2D eigenvalue weighted by molar-refractivity contribution is -0.0685. The maximum absolute atomic E-state index is 14.7. The molecular weight excluding hydrogens is 483 g/mol. The number of halogens is 3. The zero-order valence-electron chi connectivity index (χ0n) is 20.9. The molecule has 0 spiro atoms. The van der Waals surface area contributed by atoms with Gasteiger partial charge in [0.25, 0.3) is 0 Å². The van der Waals surface area contributed by atoms with Gasteiger partial charge < -0.3 is 18.9 Å². The van der Waals surface area contributed by atoms with Crippen LogP contribution in [0.1, 0.15) is 16.7 Å². The van der Waals surface area contributed by atoms with E-state index in [1.807, 2.05) is 0 Å². The lowest BCUT2D eigenvalue weighted by Crippen LogP contribution is -2.38. The molecule has 0 N–H and O–H groups in total. The Bertz CT molecular complexity index is 1190. The molecule has 1 aliphatic heterocycles. The zero-order chi connectivity index (χ0) is 26.3. The molecule has 0 atom stereocenters. The Labute approximate surface area is 215 Å². The van der Waals surface area contributed by atoms with Crippen LogP contribution < -0.4 is 14.2 Å². The number of rotatable bonds is 9. The van der Waals surface area contributed by atoms with Crippen LogP contribution >= 0.6 is 0 Å². The second kappa shape index (κ2) is 12.2. The van der Waals surface area contributed by atoms with Gasteiger partial charge in [-0.2, -0.15) is 13.2 Å². The number of nitrogens with zero attached hydrogens (tertiary/aromatic N) is 1. The van der Waals surface area contributed by atoms with Crippen LogP contribution in [0, 0.1) is 0 Å². The van der Waals surface area contributed by atoms with E-state index < -0.39 is 11.7 Å². The Morgan fingerprint density at radius 2 is 1.51 bits per heavy atom. The molecule has 5 nitrogen and oxygen atoms in total. The minimum absolute atomic E-state index is 0.0121. The second-order valence-corrected chi connectivity index (χ2v) is 8.51. The fraction of sp³-hybridized carbons (Fsp3) is 0.310. The average molecular weight is 514 g/mol. The summed E-state index contributed by atoms with van der Waals surface area (Å²) < 4.78 is 66.0. The molecule has 0 amide bonds. The third kappa shape index (κ3) is 6.64. The minimum atomic E-state index is -4.63. The van der Waals surface area contributed by atoms with Crippen LogP contribution in [-0.4, -0.2) is 64.8 Å². The largest absolute Gasteiger partial charge is 0.497 e. The number of hydrogen-bond acceptors (Lipinski definition) is 5. The molecule has 0 unspecified atom stereocenters. The summed E-state index contributed by atoms with van der Waals surface area (Å²) in [5.41, 5.74) is 0.0185. The van der Waals surface area contributed by atoms with Crippen molar-refractivity contribution >= 4 is 11.1 Å². The van der Waals surface area contributed by atoms with Crippen LogP contribution in [-0.2, 0) is 4.74 Å². The van der Waals surface area contributed by atoms with E-state index in [0.29, 0.717) is 42.4 Å². The molecule has 4 rings (SSSR count). The summed E-state index contributed by atoms with van der Waals surface area (Å²) in [4.78, 5) is 2.25. The monoisotopic (exact) mass is 513 g/mol. The van der Waals surface area contributed by atoms with Crippen molar-refractivity contribution in [2.45, 2.75) is 6.18 Å². The van der Waals surface area contributed by atoms with Gasteiger partial charge in [0.05, 0.1) is 33.0 Å². The SMILES string of the molecule is COc1ccc(C(=C(c2ccccc2)C(F)(F)F)c2ccc(OCCN3CCOCC3)cc2)c(OC)c1. The number of alkyl halides is 3. The maximum Gasteiger partial charge on any atom is 0.417 e. The van der Waals surface area contributed by atoms with E-state index in [0.717, 1.165) is 19.6 Å². The molecular formula is C29H30F3NO4. The highest BCUT2D eigenvalue weighted by molar-refractivity contribution is 6.01. The molecule has 0 bridgehead atoms. The molecule has 1 saturated heterocycles. The standard InChI is InChI=1S/C29H30F3NO4/c1-34-24-12-13-25(26(20-24)35-2)27(28(29(30,31)32)22-6-4-3-5-7-22)21-8-10-23(11-9-21)37-19-16-33-14-17-36-18-15-33/h3-13,20H,14-19H2,1-2H3. The van der Waals surface area contributed by atoms with Crippen molar-refractivity contribution in [3.8, 4) is 17.2 Å². The Morgan fingerprint density at radius 3 is 2.14 bits per heavy atom. The molecule has 37 heavy (non-hydrogen) atoms. The van der Waals surface area contributed by atoms with E-state index in [1.165, 1.54) is 26.4 Å². The lowest BCUT2D eigenvalue weighted by Gasteiger charge is -2.26. The third-order valence-corrected chi connectivity index (χ3v) is 6.20. The number of ether oxygens (including phenoxy) is 4. The number of allylic oxidation sites excluding steroid dienone is 1. The molecule has 8 heteroatoms. The highest BCUT2D eigenvalue weighted by Gasteiger charge is 2.38. The lowest BCUT2D eigenvalue weighted by atomic mass is 9.88. The van der Waals surface area contributed by atoms with Gasteiger partial charge in [-0.15, -0.1) is 0 Å². The molecule has 1 fully saturated rings. The normalized spacial score (nSPS) is 15.2. The molecule has 1 heterocycles. The topological polar surface area (TPSA) is 40.2 Å². The van der Waals surface area contributed by atoms with Gasteiger partial charge in [0, 0.05) is 36.8 Å². The van der Waals surface area contributed by atoms with Crippen molar-refractivity contribution in [2.75, 3.05) is 53.7 Å². The summed E-state index contributed by atoms with van der Waals surface area (Å²) in [7, 11) is 2.92. The van der Waals surface area contributed by atoms with Crippen LogP contribution in [0.5, 0.6) is 17.2 Å². The Hall–Kier alpha value is -3.49. The minimum Gasteiger partial charge on any atom is -0.497 e. The first kappa shape index (κ1) is 26.6. The summed E-state index contributed by atoms with van der Waals surface area (Å²) >= 11 is 0. The van der Waals surface area contributed by atoms with Crippen LogP contribution in [0.25, 0.3) is 11.1 Å². The van der Waals surface area contributed by atoms with Gasteiger partial charge in [-0.3, -0.25) is 4.90 Å². The molecule has 3 aromatic rings. The predicted molar refractivity (Wildman–Crippen MR) is 137 cm³/mol. The van der Waals surface area contributed by atoms with Crippen LogP contribution in [0.4, 0.5) is 13.2 Å². The van der Waals surface area contributed by atoms with Crippen molar-refractivity contribution in [3.05, 3.63) is 89.5 Å². The molecule has 1 aliphatic rings. The van der Waals surface area contributed by atoms with Crippen LogP contribution in [0.15, 0.2) is 72.8 Å². The summed E-state index contributed by atoms with van der Waals surface area (Å²) in [6.07, 6.45) is -4.63. The van der Waals surface area contributed by atoms with Gasteiger partial charge in [0.2, 0.25) is 0 Å². The summed E-state index contributed by atoms with van der Waals surface area (Å²) in [5.74, 6) is 1.35. The Balaban J connectivity index is 1.74. The van der Waals surface area contributed by atoms with E-state index in [1.54, 1.807) is 60.7 Å². The Morgan fingerprint density at radius 1 is 0.838 bits per heavy atom. The zero-order valence-corrected chi connectivity index (χ0v) is 20.9. The predicted octanol–water partition coefficient (Wildman–Crippen LogP) is 5.94. The van der Waals surface area contributed by atoms with Crippen molar-refractivity contribution < 1.29 is 32.1 Å². The van der Waals surface area contributed by atoms with Gasteiger partial charge in [0.15, 0.2) is 0 Å². The summed E-state index contributed by atoms with van der Waals surface area (Å²) in [5, 5.41) is 0.